The highest BCUT2D eigenvalue weighted by atomic mass is 32.2. The van der Waals surface area contributed by atoms with Gasteiger partial charge in [-0.25, -0.2) is 13.1 Å². The molecule has 1 aliphatic rings. The van der Waals surface area contributed by atoms with Crippen molar-refractivity contribution in [3.63, 3.8) is 0 Å². The van der Waals surface area contributed by atoms with Gasteiger partial charge in [0.05, 0.1) is 19.3 Å². The number of rotatable bonds is 6. The molecule has 100 valence electrons. The van der Waals surface area contributed by atoms with Gasteiger partial charge in [0.15, 0.2) is 0 Å². The third-order valence-electron chi connectivity index (χ3n) is 2.41. The van der Waals surface area contributed by atoms with Gasteiger partial charge in [-0.15, -0.1) is 11.3 Å². The Bertz CT molecular complexity index is 494. The first kappa shape index (κ1) is 13.5. The number of thiophene rings is 1. The highest BCUT2D eigenvalue weighted by Gasteiger charge is 2.20. The smallest absolute Gasteiger partial charge is 0.250 e. The SMILES string of the molecule is O=C(CCNS(=O)(=O)c1cccs1)NC1COC1. The molecule has 6 nitrogen and oxygen atoms in total. The van der Waals surface area contributed by atoms with Crippen molar-refractivity contribution in [3.05, 3.63) is 17.5 Å². The van der Waals surface area contributed by atoms with Crippen LogP contribution < -0.4 is 10.0 Å². The second-order valence-corrected chi connectivity index (χ2v) is 6.82. The summed E-state index contributed by atoms with van der Waals surface area (Å²) >= 11 is 1.14. The lowest BCUT2D eigenvalue weighted by molar-refractivity contribution is -0.125. The van der Waals surface area contributed by atoms with E-state index in [1.54, 1.807) is 11.4 Å². The molecule has 0 saturated carbocycles. The molecule has 1 aliphatic heterocycles. The first-order valence-electron chi connectivity index (χ1n) is 5.48. The number of hydrogen-bond donors (Lipinski definition) is 2. The van der Waals surface area contributed by atoms with Crippen LogP contribution in [0.2, 0.25) is 0 Å². The first-order chi connectivity index (χ1) is 8.58. The van der Waals surface area contributed by atoms with Crippen LogP contribution in [0.5, 0.6) is 0 Å². The molecule has 0 radical (unpaired) electrons. The van der Waals surface area contributed by atoms with Crippen LogP contribution in [0.15, 0.2) is 21.7 Å². The van der Waals surface area contributed by atoms with Gasteiger partial charge in [-0.3, -0.25) is 4.79 Å². The summed E-state index contributed by atoms with van der Waals surface area (Å²) in [5, 5.41) is 4.43. The zero-order valence-corrected chi connectivity index (χ0v) is 11.2. The second-order valence-electron chi connectivity index (χ2n) is 3.88. The van der Waals surface area contributed by atoms with Crippen molar-refractivity contribution >= 4 is 27.3 Å². The Morgan fingerprint density at radius 2 is 2.28 bits per heavy atom. The number of carbonyl (C=O) groups is 1. The maximum absolute atomic E-state index is 11.7. The van der Waals surface area contributed by atoms with Gasteiger partial charge in [0.25, 0.3) is 0 Å². The van der Waals surface area contributed by atoms with Gasteiger partial charge in [0, 0.05) is 13.0 Å². The standard InChI is InChI=1S/C10H14N2O4S2/c13-9(12-8-6-16-7-8)3-4-11-18(14,15)10-2-1-5-17-10/h1-2,5,8,11H,3-4,6-7H2,(H,12,13). The van der Waals surface area contributed by atoms with Crippen molar-refractivity contribution in [1.29, 1.82) is 0 Å². The lowest BCUT2D eigenvalue weighted by atomic mass is 10.2. The van der Waals surface area contributed by atoms with Crippen LogP contribution in [0.25, 0.3) is 0 Å². The van der Waals surface area contributed by atoms with Gasteiger partial charge in [-0.05, 0) is 11.4 Å². The predicted octanol–water partition coefficient (Wildman–Crippen LogP) is -0.0685. The van der Waals surface area contributed by atoms with E-state index in [1.165, 1.54) is 6.07 Å². The Labute approximate surface area is 109 Å². The summed E-state index contributed by atoms with van der Waals surface area (Å²) in [7, 11) is -3.47. The summed E-state index contributed by atoms with van der Waals surface area (Å²) in [6, 6.07) is 3.27. The number of sulfonamides is 1. The van der Waals surface area contributed by atoms with Crippen LogP contribution in [-0.2, 0) is 19.6 Å². The average molecular weight is 290 g/mol. The van der Waals surface area contributed by atoms with E-state index in [0.717, 1.165) is 11.3 Å². The van der Waals surface area contributed by atoms with Crippen LogP contribution in [0.1, 0.15) is 6.42 Å². The maximum atomic E-state index is 11.7. The fourth-order valence-corrected chi connectivity index (χ4v) is 3.47. The maximum Gasteiger partial charge on any atom is 0.250 e. The molecule has 8 heteroatoms. The van der Waals surface area contributed by atoms with E-state index < -0.39 is 10.0 Å². The van der Waals surface area contributed by atoms with Crippen molar-refractivity contribution in [2.45, 2.75) is 16.7 Å². The second kappa shape index (κ2) is 5.79. The fourth-order valence-electron chi connectivity index (χ4n) is 1.41. The number of amides is 1. The van der Waals surface area contributed by atoms with Crippen molar-refractivity contribution in [3.8, 4) is 0 Å². The summed E-state index contributed by atoms with van der Waals surface area (Å²) in [5.74, 6) is -0.169. The average Bonchev–Trinajstić information content (AvgIpc) is 2.77. The molecule has 18 heavy (non-hydrogen) atoms. The zero-order chi connectivity index (χ0) is 13.0. The number of hydrogen-bond acceptors (Lipinski definition) is 5. The molecule has 1 fully saturated rings. The molecule has 2 N–H and O–H groups in total. The normalized spacial score (nSPS) is 16.2. The Kier molecular flexibility index (Phi) is 4.33. The van der Waals surface area contributed by atoms with E-state index in [0.29, 0.717) is 13.2 Å². The molecule has 0 spiro atoms. The molecule has 1 aromatic heterocycles. The molecule has 1 saturated heterocycles. The van der Waals surface area contributed by atoms with Gasteiger partial charge in [-0.2, -0.15) is 0 Å². The van der Waals surface area contributed by atoms with Crippen LogP contribution in [0.3, 0.4) is 0 Å². The van der Waals surface area contributed by atoms with Gasteiger partial charge >= 0.3 is 0 Å². The number of ether oxygens (including phenoxy) is 1. The fraction of sp³-hybridized carbons (Fsp3) is 0.500. The highest BCUT2D eigenvalue weighted by Crippen LogP contribution is 2.14. The minimum absolute atomic E-state index is 0.0754. The molecule has 2 rings (SSSR count). The number of carbonyl (C=O) groups excluding carboxylic acids is 1. The van der Waals surface area contributed by atoms with E-state index >= 15 is 0 Å². The van der Waals surface area contributed by atoms with Crippen molar-refractivity contribution < 1.29 is 17.9 Å². The Hall–Kier alpha value is -0.960. The summed E-state index contributed by atoms with van der Waals surface area (Å²) in [4.78, 5) is 11.4. The molecule has 1 amide bonds. The lowest BCUT2D eigenvalue weighted by Gasteiger charge is -2.26. The summed E-state index contributed by atoms with van der Waals surface area (Å²) in [5.41, 5.74) is 0. The van der Waals surface area contributed by atoms with Crippen molar-refractivity contribution in [1.82, 2.24) is 10.0 Å². The predicted molar refractivity (Wildman–Crippen MR) is 66.9 cm³/mol. The quantitative estimate of drug-likeness (QED) is 0.768. The van der Waals surface area contributed by atoms with E-state index in [-0.39, 0.29) is 29.1 Å². The molecule has 0 bridgehead atoms. The van der Waals surface area contributed by atoms with Gasteiger partial charge in [0.2, 0.25) is 15.9 Å². The Morgan fingerprint density at radius 3 is 2.83 bits per heavy atom. The van der Waals surface area contributed by atoms with Gasteiger partial charge in [-0.1, -0.05) is 6.07 Å². The minimum Gasteiger partial charge on any atom is -0.377 e. The van der Waals surface area contributed by atoms with E-state index in [2.05, 4.69) is 10.0 Å². The summed E-state index contributed by atoms with van der Waals surface area (Å²) in [6.45, 7) is 1.17. The van der Waals surface area contributed by atoms with Crippen molar-refractivity contribution in [2.24, 2.45) is 0 Å². The number of nitrogens with one attached hydrogen (secondary N) is 2. The van der Waals surface area contributed by atoms with Crippen LogP contribution >= 0.6 is 11.3 Å². The summed E-state index contributed by atoms with van der Waals surface area (Å²) in [6.07, 6.45) is 0.126. The third kappa shape index (κ3) is 3.52. The van der Waals surface area contributed by atoms with Gasteiger partial charge in [0.1, 0.15) is 4.21 Å². The molecular weight excluding hydrogens is 276 g/mol. The minimum atomic E-state index is -3.47. The summed E-state index contributed by atoms with van der Waals surface area (Å²) < 4.78 is 31.0. The third-order valence-corrected chi connectivity index (χ3v) is 5.27. The Morgan fingerprint density at radius 1 is 1.50 bits per heavy atom. The van der Waals surface area contributed by atoms with E-state index in [4.69, 9.17) is 4.74 Å². The monoisotopic (exact) mass is 290 g/mol. The topological polar surface area (TPSA) is 84.5 Å². The molecule has 0 atom stereocenters. The largest absolute Gasteiger partial charge is 0.377 e. The van der Waals surface area contributed by atoms with Crippen LogP contribution in [0.4, 0.5) is 0 Å². The van der Waals surface area contributed by atoms with E-state index in [9.17, 15) is 13.2 Å². The Balaban J connectivity index is 1.73. The molecule has 2 heterocycles. The molecular formula is C10H14N2O4S2. The molecule has 1 aromatic rings. The van der Waals surface area contributed by atoms with Crippen LogP contribution in [0, 0.1) is 0 Å². The lowest BCUT2D eigenvalue weighted by Crippen LogP contribution is -2.49. The zero-order valence-electron chi connectivity index (χ0n) is 9.59. The van der Waals surface area contributed by atoms with Crippen LogP contribution in [-0.4, -0.2) is 40.1 Å². The highest BCUT2D eigenvalue weighted by molar-refractivity contribution is 7.91. The van der Waals surface area contributed by atoms with Gasteiger partial charge < -0.3 is 10.1 Å². The van der Waals surface area contributed by atoms with Crippen molar-refractivity contribution in [2.75, 3.05) is 19.8 Å². The van der Waals surface area contributed by atoms with E-state index in [1.807, 2.05) is 0 Å². The molecule has 0 aromatic carbocycles. The molecule has 0 unspecified atom stereocenters. The first-order valence-corrected chi connectivity index (χ1v) is 7.84. The molecule has 0 aliphatic carbocycles.